The van der Waals surface area contributed by atoms with E-state index in [4.69, 9.17) is 0 Å². The van der Waals surface area contributed by atoms with E-state index in [0.717, 1.165) is 30.9 Å². The van der Waals surface area contributed by atoms with Crippen molar-refractivity contribution in [1.29, 1.82) is 0 Å². The third-order valence-corrected chi connectivity index (χ3v) is 1.36. The first kappa shape index (κ1) is 5.73. The molecule has 0 N–H and O–H groups in total. The predicted molar refractivity (Wildman–Crippen MR) is 27.9 cm³/mol. The van der Waals surface area contributed by atoms with Gasteiger partial charge in [-0.25, -0.2) is 8.78 Å². The molecule has 0 saturated heterocycles. The molecule has 0 heterocycles. The Bertz CT molecular complexity index is 99.1. The van der Waals surface area contributed by atoms with Crippen LogP contribution in [-0.2, 0) is 0 Å². The minimum absolute atomic E-state index is 0.893. The smallest absolute Gasteiger partial charge is 0.206 e. The SMILES string of the molecule is FC(F)C=C1CCC1. The first-order valence-electron chi connectivity index (χ1n) is 2.77. The molecule has 0 nitrogen and oxygen atoms in total. The molecular formula is C6H8F2. The zero-order valence-corrected chi connectivity index (χ0v) is 4.53. The quantitative estimate of drug-likeness (QED) is 0.463. The van der Waals surface area contributed by atoms with Gasteiger partial charge in [-0.3, -0.25) is 0 Å². The fourth-order valence-electron chi connectivity index (χ4n) is 0.726. The van der Waals surface area contributed by atoms with Crippen LogP contribution in [0.25, 0.3) is 0 Å². The topological polar surface area (TPSA) is 0 Å². The van der Waals surface area contributed by atoms with E-state index in [0.29, 0.717) is 0 Å². The third-order valence-electron chi connectivity index (χ3n) is 1.36. The Labute approximate surface area is 47.2 Å². The second-order valence-electron chi connectivity index (χ2n) is 2.01. The molecule has 8 heavy (non-hydrogen) atoms. The standard InChI is InChI=1S/C6H8F2/c7-6(8)4-5-2-1-3-5/h4,6H,1-3H2. The average molecular weight is 118 g/mol. The van der Waals surface area contributed by atoms with Gasteiger partial charge in [-0.15, -0.1) is 0 Å². The molecule has 0 amide bonds. The van der Waals surface area contributed by atoms with E-state index in [1.807, 2.05) is 0 Å². The summed E-state index contributed by atoms with van der Waals surface area (Å²) in [6, 6.07) is 0. The Hall–Kier alpha value is -0.400. The van der Waals surface area contributed by atoms with Crippen LogP contribution in [0.1, 0.15) is 19.3 Å². The fraction of sp³-hybridized carbons (Fsp3) is 0.667. The van der Waals surface area contributed by atoms with E-state index < -0.39 is 6.43 Å². The van der Waals surface area contributed by atoms with E-state index in [1.165, 1.54) is 0 Å². The molecule has 0 atom stereocenters. The molecule has 0 radical (unpaired) electrons. The first-order valence-corrected chi connectivity index (χ1v) is 2.77. The predicted octanol–water partition coefficient (Wildman–Crippen LogP) is 2.36. The molecule has 0 bridgehead atoms. The molecule has 0 aliphatic heterocycles. The van der Waals surface area contributed by atoms with Gasteiger partial charge in [0.2, 0.25) is 0 Å². The summed E-state index contributed by atoms with van der Waals surface area (Å²) < 4.78 is 22.9. The molecule has 1 rings (SSSR count). The Morgan fingerprint density at radius 2 is 2.00 bits per heavy atom. The number of hydrogen-bond acceptors (Lipinski definition) is 0. The maximum Gasteiger partial charge on any atom is 0.257 e. The summed E-state index contributed by atoms with van der Waals surface area (Å²) >= 11 is 0. The second kappa shape index (κ2) is 2.25. The lowest BCUT2D eigenvalue weighted by atomic mass is 9.92. The Kier molecular flexibility index (Phi) is 1.61. The lowest BCUT2D eigenvalue weighted by Gasteiger charge is -2.15. The van der Waals surface area contributed by atoms with Gasteiger partial charge in [0, 0.05) is 0 Å². The van der Waals surface area contributed by atoms with Gasteiger partial charge in [0.25, 0.3) is 6.43 Å². The monoisotopic (exact) mass is 118 g/mol. The molecule has 0 unspecified atom stereocenters. The number of hydrogen-bond donors (Lipinski definition) is 0. The zero-order valence-electron chi connectivity index (χ0n) is 4.53. The van der Waals surface area contributed by atoms with Gasteiger partial charge in [-0.2, -0.15) is 0 Å². The van der Waals surface area contributed by atoms with Crippen molar-refractivity contribution in [3.05, 3.63) is 11.6 Å². The van der Waals surface area contributed by atoms with E-state index >= 15 is 0 Å². The van der Waals surface area contributed by atoms with Crippen LogP contribution < -0.4 is 0 Å². The molecule has 1 aliphatic rings. The molecule has 0 aromatic rings. The highest BCUT2D eigenvalue weighted by Gasteiger charge is 2.09. The molecular weight excluding hydrogens is 110 g/mol. The van der Waals surface area contributed by atoms with E-state index in [1.54, 1.807) is 0 Å². The van der Waals surface area contributed by atoms with Crippen LogP contribution in [0, 0.1) is 0 Å². The lowest BCUT2D eigenvalue weighted by Crippen LogP contribution is -1.98. The molecule has 0 aromatic heterocycles. The highest BCUT2D eigenvalue weighted by Crippen LogP contribution is 2.25. The Balaban J connectivity index is 2.30. The summed E-state index contributed by atoms with van der Waals surface area (Å²) in [7, 11) is 0. The van der Waals surface area contributed by atoms with Crippen molar-refractivity contribution < 1.29 is 8.78 Å². The summed E-state index contributed by atoms with van der Waals surface area (Å²) in [5, 5.41) is 0. The van der Waals surface area contributed by atoms with Crippen LogP contribution in [0.5, 0.6) is 0 Å². The van der Waals surface area contributed by atoms with Crippen LogP contribution in [0.15, 0.2) is 11.6 Å². The van der Waals surface area contributed by atoms with E-state index in [9.17, 15) is 8.78 Å². The molecule has 1 aliphatic carbocycles. The normalized spacial score (nSPS) is 18.6. The van der Waals surface area contributed by atoms with Crippen LogP contribution in [0.4, 0.5) is 8.78 Å². The Morgan fingerprint density at radius 1 is 1.38 bits per heavy atom. The number of alkyl halides is 2. The van der Waals surface area contributed by atoms with Gasteiger partial charge in [-0.05, 0) is 25.3 Å². The largest absolute Gasteiger partial charge is 0.257 e. The number of halogens is 2. The van der Waals surface area contributed by atoms with Crippen molar-refractivity contribution in [3.63, 3.8) is 0 Å². The summed E-state index contributed by atoms with van der Waals surface area (Å²) in [5.74, 6) is 0. The second-order valence-corrected chi connectivity index (χ2v) is 2.01. The van der Waals surface area contributed by atoms with Crippen LogP contribution in [0.2, 0.25) is 0 Å². The van der Waals surface area contributed by atoms with Crippen LogP contribution in [0.3, 0.4) is 0 Å². The third kappa shape index (κ3) is 1.29. The summed E-state index contributed by atoms with van der Waals surface area (Å²) in [4.78, 5) is 0. The summed E-state index contributed by atoms with van der Waals surface area (Å²) in [6.45, 7) is 0. The summed E-state index contributed by atoms with van der Waals surface area (Å²) in [5.41, 5.74) is 0.931. The van der Waals surface area contributed by atoms with Gasteiger partial charge < -0.3 is 0 Å². The van der Waals surface area contributed by atoms with Crippen molar-refractivity contribution in [1.82, 2.24) is 0 Å². The highest BCUT2D eigenvalue weighted by molar-refractivity contribution is 5.10. The van der Waals surface area contributed by atoms with E-state index in [-0.39, 0.29) is 0 Å². The average Bonchev–Trinajstić information content (AvgIpc) is 1.55. The van der Waals surface area contributed by atoms with Crippen molar-refractivity contribution in [2.45, 2.75) is 25.7 Å². The Morgan fingerprint density at radius 3 is 2.12 bits per heavy atom. The number of allylic oxidation sites excluding steroid dienone is 2. The van der Waals surface area contributed by atoms with Crippen molar-refractivity contribution in [2.75, 3.05) is 0 Å². The number of rotatable bonds is 1. The lowest BCUT2D eigenvalue weighted by molar-refractivity contribution is 0.201. The molecule has 2 heteroatoms. The van der Waals surface area contributed by atoms with E-state index in [2.05, 4.69) is 0 Å². The maximum absolute atomic E-state index is 11.4. The highest BCUT2D eigenvalue weighted by atomic mass is 19.3. The van der Waals surface area contributed by atoms with Crippen molar-refractivity contribution in [2.24, 2.45) is 0 Å². The van der Waals surface area contributed by atoms with Gasteiger partial charge >= 0.3 is 0 Å². The van der Waals surface area contributed by atoms with Gasteiger partial charge in [-0.1, -0.05) is 5.57 Å². The maximum atomic E-state index is 11.4. The van der Waals surface area contributed by atoms with Crippen molar-refractivity contribution in [3.8, 4) is 0 Å². The zero-order chi connectivity index (χ0) is 5.98. The van der Waals surface area contributed by atoms with Crippen LogP contribution >= 0.6 is 0 Å². The molecule has 46 valence electrons. The fourth-order valence-corrected chi connectivity index (χ4v) is 0.726. The minimum atomic E-state index is -2.23. The molecule has 1 saturated carbocycles. The van der Waals surface area contributed by atoms with Crippen LogP contribution in [-0.4, -0.2) is 6.43 Å². The minimum Gasteiger partial charge on any atom is -0.206 e. The molecule has 1 fully saturated rings. The molecule has 0 aromatic carbocycles. The summed E-state index contributed by atoms with van der Waals surface area (Å²) in [6.07, 6.45) is 1.71. The van der Waals surface area contributed by atoms with Gasteiger partial charge in [0.15, 0.2) is 0 Å². The van der Waals surface area contributed by atoms with Gasteiger partial charge in [0.1, 0.15) is 0 Å². The molecule has 0 spiro atoms. The van der Waals surface area contributed by atoms with Crippen molar-refractivity contribution >= 4 is 0 Å². The van der Waals surface area contributed by atoms with Gasteiger partial charge in [0.05, 0.1) is 0 Å². The first-order chi connectivity index (χ1) is 3.79.